The van der Waals surface area contributed by atoms with Crippen molar-refractivity contribution in [3.63, 3.8) is 0 Å². The third kappa shape index (κ3) is 7.88. The zero-order chi connectivity index (χ0) is 32.3. The minimum atomic E-state index is -1.92. The van der Waals surface area contributed by atoms with Gasteiger partial charge in [0.15, 0.2) is 12.1 Å². The van der Waals surface area contributed by atoms with Crippen LogP contribution in [0, 0.1) is 17.8 Å². The molecule has 13 atom stereocenters. The van der Waals surface area contributed by atoms with Crippen molar-refractivity contribution in [2.75, 3.05) is 21.2 Å². The van der Waals surface area contributed by atoms with Crippen molar-refractivity contribution in [1.82, 2.24) is 10.2 Å². The van der Waals surface area contributed by atoms with Gasteiger partial charge in [-0.3, -0.25) is 14.4 Å². The molecule has 4 N–H and O–H groups in total. The number of hydrogen-bond donors (Lipinski definition) is 4. The number of rotatable bonds is 5. The molecule has 2 aliphatic rings. The number of esters is 1. The molecular formula is C30H54N2O10. The van der Waals surface area contributed by atoms with Gasteiger partial charge in [-0.2, -0.15) is 0 Å². The van der Waals surface area contributed by atoms with Crippen LogP contribution in [-0.2, 0) is 33.3 Å². The van der Waals surface area contributed by atoms with E-state index in [4.69, 9.17) is 18.9 Å². The largest absolute Gasteiger partial charge is 0.459 e. The summed E-state index contributed by atoms with van der Waals surface area (Å²) in [6.45, 7) is 12.9. The molecule has 0 unspecified atom stereocenters. The van der Waals surface area contributed by atoms with Crippen LogP contribution < -0.4 is 5.32 Å². The maximum absolute atomic E-state index is 13.8. The summed E-state index contributed by atoms with van der Waals surface area (Å²) in [6.07, 6.45) is -5.29. The van der Waals surface area contributed by atoms with E-state index in [2.05, 4.69) is 5.32 Å². The first-order valence-corrected chi connectivity index (χ1v) is 15.0. The summed E-state index contributed by atoms with van der Waals surface area (Å²) in [4.78, 5) is 42.3. The molecule has 1 amide bonds. The van der Waals surface area contributed by atoms with Crippen molar-refractivity contribution < 1.29 is 48.7 Å². The van der Waals surface area contributed by atoms with E-state index in [1.807, 2.05) is 25.9 Å². The summed E-state index contributed by atoms with van der Waals surface area (Å²) in [5.41, 5.74) is -3.18. The zero-order valence-electron chi connectivity index (χ0n) is 27.1. The number of ether oxygens (including phenoxy) is 4. The lowest BCUT2D eigenvalue weighted by atomic mass is 9.78. The summed E-state index contributed by atoms with van der Waals surface area (Å²) in [5, 5.41) is 36.2. The predicted octanol–water partition coefficient (Wildman–Crippen LogP) is 1.02. The standard InChI is InChI=1S/C30H54N2O10/c1-12-21-30(8,38)24(35)19(6)31-26(36)15(2)14-29(7,39-11)25(17(4)22(33)18(5)27(37)41-21)42-28-23(34)20(32(9)10)13-16(3)40-28/h15-21,23-25,28,34-35,38H,12-14H2,1-11H3,(H,31,36)/t15-,16-,17+,18-,19-,20+,21-,23-,24-,25-,28+,29-,30-/m1/s1. The highest BCUT2D eigenvalue weighted by Gasteiger charge is 2.50. The van der Waals surface area contributed by atoms with Crippen LogP contribution in [0.1, 0.15) is 74.7 Å². The van der Waals surface area contributed by atoms with Crippen LogP contribution >= 0.6 is 0 Å². The number of carbonyl (C=O) groups excluding carboxylic acids is 3. The van der Waals surface area contributed by atoms with E-state index >= 15 is 0 Å². The lowest BCUT2D eigenvalue weighted by Gasteiger charge is -2.46. The molecule has 0 aromatic carbocycles. The number of methoxy groups -OCH3 is 1. The number of cyclic esters (lactones) is 1. The smallest absolute Gasteiger partial charge is 0.316 e. The number of carbonyl (C=O) groups is 3. The molecule has 244 valence electrons. The SMILES string of the molecule is CC[C@H]1OC(=O)[C@H](C)C(=O)[C@H](C)[C@@H](O[C@@H]2O[C@H](C)C[C@H](N(C)C)[C@H]2O)[C@](C)(OC)C[C@@H](C)C(=O)N[C@H](C)[C@@H](O)[C@]1(C)O. The number of likely N-dealkylation sites (N-methyl/N-ethyl adjacent to an activating group) is 1. The molecule has 2 saturated heterocycles. The Hall–Kier alpha value is -1.67. The van der Waals surface area contributed by atoms with E-state index in [0.29, 0.717) is 6.42 Å². The zero-order valence-corrected chi connectivity index (χ0v) is 27.1. The van der Waals surface area contributed by atoms with Crippen molar-refractivity contribution in [2.24, 2.45) is 17.8 Å². The molecule has 0 aliphatic carbocycles. The van der Waals surface area contributed by atoms with Gasteiger partial charge in [0, 0.05) is 25.0 Å². The van der Waals surface area contributed by atoms with Crippen LogP contribution in [0.4, 0.5) is 0 Å². The number of ketones is 1. The Morgan fingerprint density at radius 2 is 1.67 bits per heavy atom. The molecule has 2 rings (SSSR count). The van der Waals surface area contributed by atoms with E-state index in [9.17, 15) is 29.7 Å². The van der Waals surface area contributed by atoms with Crippen LogP contribution in [0.5, 0.6) is 0 Å². The first-order chi connectivity index (χ1) is 19.3. The third-order valence-corrected chi connectivity index (χ3v) is 9.19. The van der Waals surface area contributed by atoms with Gasteiger partial charge in [-0.1, -0.05) is 20.8 Å². The van der Waals surface area contributed by atoms with Gasteiger partial charge in [0.2, 0.25) is 5.91 Å². The van der Waals surface area contributed by atoms with Gasteiger partial charge < -0.3 is 44.5 Å². The average molecular weight is 603 g/mol. The van der Waals surface area contributed by atoms with E-state index < -0.39 is 83.4 Å². The predicted molar refractivity (Wildman–Crippen MR) is 154 cm³/mol. The minimum Gasteiger partial charge on any atom is -0.459 e. The Bertz CT molecular complexity index is 945. The number of Topliss-reactive ketones (excluding diaryl/α,β-unsaturated/α-hetero) is 1. The van der Waals surface area contributed by atoms with Gasteiger partial charge in [0.1, 0.15) is 29.8 Å². The highest BCUT2D eigenvalue weighted by molar-refractivity contribution is 6.00. The minimum absolute atomic E-state index is 0.0860. The number of amides is 1. The van der Waals surface area contributed by atoms with Crippen molar-refractivity contribution in [1.29, 1.82) is 0 Å². The Kier molecular flexibility index (Phi) is 12.5. The second-order valence-electron chi connectivity index (χ2n) is 13.0. The molecule has 2 aliphatic heterocycles. The maximum Gasteiger partial charge on any atom is 0.316 e. The summed E-state index contributed by atoms with van der Waals surface area (Å²) in [5.74, 6) is -4.68. The maximum atomic E-state index is 13.8. The molecule has 2 fully saturated rings. The highest BCUT2D eigenvalue weighted by atomic mass is 16.7. The molecule has 0 spiro atoms. The Labute approximate surface area is 250 Å². The second kappa shape index (κ2) is 14.4. The number of hydrogen-bond acceptors (Lipinski definition) is 11. The molecule has 12 nitrogen and oxygen atoms in total. The van der Waals surface area contributed by atoms with Gasteiger partial charge in [0.05, 0.1) is 23.9 Å². The number of aliphatic hydroxyl groups excluding tert-OH is 2. The van der Waals surface area contributed by atoms with Crippen LogP contribution in [0.3, 0.4) is 0 Å². The van der Waals surface area contributed by atoms with E-state index in [0.717, 1.165) is 0 Å². The molecule has 0 saturated carbocycles. The summed E-state index contributed by atoms with van der Waals surface area (Å²) in [6, 6.07) is -1.17. The molecule has 12 heteroatoms. The normalized spacial score (nSPS) is 45.1. The average Bonchev–Trinajstić information content (AvgIpc) is 2.93. The summed E-state index contributed by atoms with van der Waals surface area (Å²) < 4.78 is 24.0. The quantitative estimate of drug-likeness (QED) is 0.262. The van der Waals surface area contributed by atoms with Gasteiger partial charge in [-0.15, -0.1) is 0 Å². The first-order valence-electron chi connectivity index (χ1n) is 15.0. The van der Waals surface area contributed by atoms with Gasteiger partial charge in [-0.25, -0.2) is 0 Å². The summed E-state index contributed by atoms with van der Waals surface area (Å²) in [7, 11) is 5.15. The fourth-order valence-corrected chi connectivity index (χ4v) is 6.27. The second-order valence-corrected chi connectivity index (χ2v) is 13.0. The molecule has 42 heavy (non-hydrogen) atoms. The van der Waals surface area contributed by atoms with E-state index in [1.165, 1.54) is 21.0 Å². The lowest BCUT2D eigenvalue weighted by Crippen LogP contribution is -2.59. The number of nitrogens with one attached hydrogen (secondary N) is 1. The molecule has 0 aromatic heterocycles. The molecule has 0 radical (unpaired) electrons. The van der Waals surface area contributed by atoms with Crippen molar-refractivity contribution in [3.05, 3.63) is 0 Å². The molecule has 0 bridgehead atoms. The first kappa shape index (κ1) is 36.5. The van der Waals surface area contributed by atoms with Crippen LogP contribution in [0.15, 0.2) is 0 Å². The van der Waals surface area contributed by atoms with Crippen molar-refractivity contribution in [3.8, 4) is 0 Å². The van der Waals surface area contributed by atoms with E-state index in [-0.39, 0.29) is 25.0 Å². The molecular weight excluding hydrogens is 548 g/mol. The van der Waals surface area contributed by atoms with Gasteiger partial charge >= 0.3 is 5.97 Å². The Morgan fingerprint density at radius 3 is 2.19 bits per heavy atom. The van der Waals surface area contributed by atoms with Crippen LogP contribution in [0.2, 0.25) is 0 Å². The topological polar surface area (TPSA) is 164 Å². The number of aliphatic hydroxyl groups is 3. The lowest BCUT2D eigenvalue weighted by molar-refractivity contribution is -0.295. The van der Waals surface area contributed by atoms with Crippen LogP contribution in [0.25, 0.3) is 0 Å². The van der Waals surface area contributed by atoms with E-state index in [1.54, 1.807) is 34.6 Å². The summed E-state index contributed by atoms with van der Waals surface area (Å²) >= 11 is 0. The third-order valence-electron chi connectivity index (χ3n) is 9.19. The fraction of sp³-hybridized carbons (Fsp3) is 0.900. The Balaban J connectivity index is 2.60. The van der Waals surface area contributed by atoms with Gasteiger partial charge in [-0.05, 0) is 68.0 Å². The monoisotopic (exact) mass is 602 g/mol. The van der Waals surface area contributed by atoms with Crippen molar-refractivity contribution >= 4 is 17.7 Å². The highest BCUT2D eigenvalue weighted by Crippen LogP contribution is 2.36. The molecule has 2 heterocycles. The molecule has 0 aromatic rings. The Morgan fingerprint density at radius 1 is 1.07 bits per heavy atom. The number of nitrogens with zero attached hydrogens (tertiary/aromatic N) is 1. The van der Waals surface area contributed by atoms with Gasteiger partial charge in [0.25, 0.3) is 0 Å². The van der Waals surface area contributed by atoms with Crippen molar-refractivity contribution in [2.45, 2.75) is 135 Å². The fourth-order valence-electron chi connectivity index (χ4n) is 6.27. The van der Waals surface area contributed by atoms with Crippen LogP contribution in [-0.4, -0.2) is 119 Å².